The third kappa shape index (κ3) is 11.2. The Morgan fingerprint density at radius 1 is 1.11 bits per heavy atom. The van der Waals surface area contributed by atoms with Crippen molar-refractivity contribution in [2.24, 2.45) is 5.73 Å². The summed E-state index contributed by atoms with van der Waals surface area (Å²) in [6.45, 7) is 6.97. The Morgan fingerprint density at radius 2 is 1.72 bits per heavy atom. The smallest absolute Gasteiger partial charge is 0.407 e. The summed E-state index contributed by atoms with van der Waals surface area (Å²) in [5, 5.41) is 5.38. The molecule has 0 aromatic rings. The zero-order chi connectivity index (χ0) is 14.0. The second-order valence-electron chi connectivity index (χ2n) is 5.02. The van der Waals surface area contributed by atoms with E-state index in [1.54, 1.807) is 0 Å². The van der Waals surface area contributed by atoms with E-state index in [9.17, 15) is 9.59 Å². The normalized spacial score (nSPS) is 10.9. The SMILES string of the molecule is CC(C)(C)OC(=O)NCCCNC(=O)CCCN. The van der Waals surface area contributed by atoms with Crippen LogP contribution in [-0.2, 0) is 9.53 Å². The number of amides is 2. The molecule has 0 fully saturated rings. The van der Waals surface area contributed by atoms with Crippen LogP contribution in [-0.4, -0.2) is 37.2 Å². The van der Waals surface area contributed by atoms with Crippen LogP contribution in [0.25, 0.3) is 0 Å². The summed E-state index contributed by atoms with van der Waals surface area (Å²) in [5.74, 6) is -0.00211. The molecule has 0 bridgehead atoms. The van der Waals surface area contributed by atoms with Crippen LogP contribution in [0.15, 0.2) is 0 Å². The van der Waals surface area contributed by atoms with Crippen molar-refractivity contribution in [3.63, 3.8) is 0 Å². The number of alkyl carbamates (subject to hydrolysis) is 1. The number of nitrogens with two attached hydrogens (primary N) is 1. The maximum Gasteiger partial charge on any atom is 0.407 e. The number of rotatable bonds is 7. The fraction of sp³-hybridized carbons (Fsp3) is 0.833. The maximum atomic E-state index is 11.3. The van der Waals surface area contributed by atoms with E-state index in [0.717, 1.165) is 0 Å². The van der Waals surface area contributed by atoms with Gasteiger partial charge in [0.25, 0.3) is 0 Å². The zero-order valence-electron chi connectivity index (χ0n) is 11.5. The van der Waals surface area contributed by atoms with Gasteiger partial charge >= 0.3 is 6.09 Å². The van der Waals surface area contributed by atoms with Crippen LogP contribution in [0, 0.1) is 0 Å². The molecule has 4 N–H and O–H groups in total. The number of hydrogen-bond acceptors (Lipinski definition) is 4. The first-order valence-corrected chi connectivity index (χ1v) is 6.29. The third-order valence-corrected chi connectivity index (χ3v) is 1.95. The molecule has 0 aliphatic heterocycles. The van der Waals surface area contributed by atoms with Crippen LogP contribution in [0.3, 0.4) is 0 Å². The lowest BCUT2D eigenvalue weighted by Crippen LogP contribution is -2.34. The van der Waals surface area contributed by atoms with Gasteiger partial charge in [-0.2, -0.15) is 0 Å². The number of hydrogen-bond donors (Lipinski definition) is 3. The molecule has 0 heterocycles. The van der Waals surface area contributed by atoms with Crippen LogP contribution in [0.4, 0.5) is 4.79 Å². The van der Waals surface area contributed by atoms with Crippen molar-refractivity contribution in [2.45, 2.75) is 45.6 Å². The Morgan fingerprint density at radius 3 is 2.28 bits per heavy atom. The Hall–Kier alpha value is -1.30. The van der Waals surface area contributed by atoms with E-state index in [0.29, 0.717) is 38.9 Å². The molecule has 0 saturated heterocycles. The summed E-state index contributed by atoms with van der Waals surface area (Å²) < 4.78 is 5.07. The van der Waals surface area contributed by atoms with Gasteiger partial charge < -0.3 is 21.1 Å². The molecule has 2 amide bonds. The number of ether oxygens (including phenoxy) is 1. The van der Waals surface area contributed by atoms with Crippen LogP contribution in [0.2, 0.25) is 0 Å². The van der Waals surface area contributed by atoms with Crippen molar-refractivity contribution in [1.82, 2.24) is 10.6 Å². The van der Waals surface area contributed by atoms with Gasteiger partial charge in [0.1, 0.15) is 5.60 Å². The molecule has 0 aromatic heterocycles. The van der Waals surface area contributed by atoms with E-state index >= 15 is 0 Å². The van der Waals surface area contributed by atoms with E-state index in [1.165, 1.54) is 0 Å². The lowest BCUT2D eigenvalue weighted by atomic mass is 10.2. The molecule has 6 nitrogen and oxygen atoms in total. The van der Waals surface area contributed by atoms with Gasteiger partial charge in [0.2, 0.25) is 5.91 Å². The van der Waals surface area contributed by atoms with E-state index in [1.807, 2.05) is 20.8 Å². The van der Waals surface area contributed by atoms with Gasteiger partial charge in [0.05, 0.1) is 0 Å². The highest BCUT2D eigenvalue weighted by molar-refractivity contribution is 5.75. The van der Waals surface area contributed by atoms with E-state index < -0.39 is 11.7 Å². The van der Waals surface area contributed by atoms with Gasteiger partial charge in [0, 0.05) is 19.5 Å². The Balaban J connectivity index is 3.45. The lowest BCUT2D eigenvalue weighted by molar-refractivity contribution is -0.121. The van der Waals surface area contributed by atoms with Gasteiger partial charge in [-0.25, -0.2) is 4.79 Å². The first-order chi connectivity index (χ1) is 8.35. The van der Waals surface area contributed by atoms with Gasteiger partial charge in [0.15, 0.2) is 0 Å². The molecule has 0 aliphatic carbocycles. The minimum Gasteiger partial charge on any atom is -0.444 e. The quantitative estimate of drug-likeness (QED) is 0.588. The minimum atomic E-state index is -0.486. The third-order valence-electron chi connectivity index (χ3n) is 1.95. The van der Waals surface area contributed by atoms with Gasteiger partial charge in [-0.1, -0.05) is 0 Å². The molecule has 0 aliphatic rings. The van der Waals surface area contributed by atoms with Gasteiger partial charge in [-0.15, -0.1) is 0 Å². The van der Waals surface area contributed by atoms with Crippen LogP contribution >= 0.6 is 0 Å². The highest BCUT2D eigenvalue weighted by Crippen LogP contribution is 2.06. The second-order valence-corrected chi connectivity index (χ2v) is 5.02. The van der Waals surface area contributed by atoms with Crippen molar-refractivity contribution >= 4 is 12.0 Å². The van der Waals surface area contributed by atoms with Crippen LogP contribution in [0.5, 0.6) is 0 Å². The Kier molecular flexibility index (Phi) is 8.11. The summed E-state index contributed by atoms with van der Waals surface area (Å²) in [6.07, 6.45) is 1.39. The molecular weight excluding hydrogens is 234 g/mol. The summed E-state index contributed by atoms with van der Waals surface area (Å²) in [7, 11) is 0. The first-order valence-electron chi connectivity index (χ1n) is 6.29. The van der Waals surface area contributed by atoms with E-state index in [-0.39, 0.29) is 5.91 Å². The molecule has 18 heavy (non-hydrogen) atoms. The molecular formula is C12H25N3O3. The lowest BCUT2D eigenvalue weighted by Gasteiger charge is -2.19. The van der Waals surface area contributed by atoms with Crippen molar-refractivity contribution in [1.29, 1.82) is 0 Å². The van der Waals surface area contributed by atoms with E-state index in [4.69, 9.17) is 10.5 Å². The molecule has 0 saturated carbocycles. The fourth-order valence-corrected chi connectivity index (χ4v) is 1.17. The number of nitrogens with one attached hydrogen (secondary N) is 2. The molecule has 0 radical (unpaired) electrons. The number of carbonyl (C=O) groups excluding carboxylic acids is 2. The van der Waals surface area contributed by atoms with Gasteiger partial charge in [-0.3, -0.25) is 4.79 Å². The van der Waals surface area contributed by atoms with Crippen LogP contribution in [0.1, 0.15) is 40.0 Å². The average molecular weight is 259 g/mol. The number of carbonyl (C=O) groups is 2. The molecule has 0 unspecified atom stereocenters. The average Bonchev–Trinajstić information content (AvgIpc) is 2.23. The molecule has 0 rings (SSSR count). The molecule has 0 aromatic carbocycles. The van der Waals surface area contributed by atoms with Crippen LogP contribution < -0.4 is 16.4 Å². The largest absolute Gasteiger partial charge is 0.444 e. The highest BCUT2D eigenvalue weighted by atomic mass is 16.6. The molecule has 106 valence electrons. The summed E-state index contributed by atoms with van der Waals surface area (Å²) in [6, 6.07) is 0. The fourth-order valence-electron chi connectivity index (χ4n) is 1.17. The monoisotopic (exact) mass is 259 g/mol. The van der Waals surface area contributed by atoms with Crippen molar-refractivity contribution in [2.75, 3.05) is 19.6 Å². The summed E-state index contributed by atoms with van der Waals surface area (Å²) >= 11 is 0. The standard InChI is InChI=1S/C12H25N3O3/c1-12(2,3)18-11(17)15-9-5-8-14-10(16)6-4-7-13/h4-9,13H2,1-3H3,(H,14,16)(H,15,17). The molecule has 0 atom stereocenters. The molecule has 6 heteroatoms. The summed E-state index contributed by atoms with van der Waals surface area (Å²) in [4.78, 5) is 22.5. The predicted molar refractivity (Wildman–Crippen MR) is 70.2 cm³/mol. The minimum absolute atomic E-state index is 0.00211. The topological polar surface area (TPSA) is 93.5 Å². The Bertz CT molecular complexity index is 262. The predicted octanol–water partition coefficient (Wildman–Crippen LogP) is 0.756. The maximum absolute atomic E-state index is 11.3. The zero-order valence-corrected chi connectivity index (χ0v) is 11.5. The highest BCUT2D eigenvalue weighted by Gasteiger charge is 2.15. The van der Waals surface area contributed by atoms with Crippen molar-refractivity contribution < 1.29 is 14.3 Å². The second kappa shape index (κ2) is 8.74. The summed E-state index contributed by atoms with van der Waals surface area (Å²) in [5.41, 5.74) is 4.81. The first kappa shape index (κ1) is 16.7. The van der Waals surface area contributed by atoms with Crippen molar-refractivity contribution in [3.05, 3.63) is 0 Å². The van der Waals surface area contributed by atoms with Crippen molar-refractivity contribution in [3.8, 4) is 0 Å². The van der Waals surface area contributed by atoms with E-state index in [2.05, 4.69) is 10.6 Å². The van der Waals surface area contributed by atoms with Gasteiger partial charge in [-0.05, 0) is 40.2 Å². The Labute approximate surface area is 109 Å². The molecule has 0 spiro atoms.